The molecule has 0 bridgehead atoms. The van der Waals surface area contributed by atoms with Crippen molar-refractivity contribution >= 4 is 40.8 Å². The Kier molecular flexibility index (Phi) is 13.1. The zero-order chi connectivity index (χ0) is 35.9. The molecule has 2 N–H and O–H groups in total. The average molecular weight is 718 g/mol. The van der Waals surface area contributed by atoms with Crippen molar-refractivity contribution in [1.82, 2.24) is 20.0 Å². The van der Waals surface area contributed by atoms with Crippen molar-refractivity contribution in [3.8, 4) is 11.4 Å². The molecule has 9 heteroatoms. The number of nitrogens with one attached hydrogen (secondary N) is 2. The Morgan fingerprint density at radius 3 is 2.12 bits per heavy atom. The van der Waals surface area contributed by atoms with Gasteiger partial charge in [-0.3, -0.25) is 14.3 Å². The van der Waals surface area contributed by atoms with Gasteiger partial charge in [0.25, 0.3) is 11.8 Å². The van der Waals surface area contributed by atoms with E-state index in [0.29, 0.717) is 17.1 Å². The van der Waals surface area contributed by atoms with E-state index in [4.69, 9.17) is 9.97 Å². The maximum Gasteiger partial charge on any atom is 0.262 e. The van der Waals surface area contributed by atoms with Crippen LogP contribution in [0, 0.1) is 23.2 Å². The number of carbonyl (C=O) groups is 2. The predicted molar refractivity (Wildman–Crippen MR) is 211 cm³/mol. The molecular formula is C41H59N5O2S2. The lowest BCUT2D eigenvalue weighted by molar-refractivity contribution is -0.121. The number of hydrogen-bond acceptors (Lipinski definition) is 7. The fourth-order valence-electron chi connectivity index (χ4n) is 7.34. The summed E-state index contributed by atoms with van der Waals surface area (Å²) in [5.74, 6) is 3.79. The fraction of sp³-hybridized carbons (Fsp3) is 0.610. The van der Waals surface area contributed by atoms with Gasteiger partial charge in [-0.25, -0.2) is 9.97 Å². The van der Waals surface area contributed by atoms with Crippen LogP contribution in [0.1, 0.15) is 120 Å². The summed E-state index contributed by atoms with van der Waals surface area (Å²) in [7, 11) is 0. The number of amides is 2. The molecule has 1 aromatic carbocycles. The van der Waals surface area contributed by atoms with Gasteiger partial charge in [0.1, 0.15) is 6.04 Å². The van der Waals surface area contributed by atoms with Gasteiger partial charge in [-0.15, -0.1) is 11.3 Å². The fourth-order valence-corrected chi connectivity index (χ4v) is 9.10. The highest BCUT2D eigenvalue weighted by Crippen LogP contribution is 2.39. The number of carbonyl (C=O) groups excluding carboxylic acids is 2. The molecule has 1 aliphatic carbocycles. The third-order valence-electron chi connectivity index (χ3n) is 10.3. The highest BCUT2D eigenvalue weighted by molar-refractivity contribution is 7.97. The van der Waals surface area contributed by atoms with E-state index < -0.39 is 6.04 Å². The Balaban J connectivity index is 1.18. The van der Waals surface area contributed by atoms with Crippen molar-refractivity contribution in [2.45, 2.75) is 118 Å². The number of nitrogens with zero attached hydrogens (tertiary/aromatic N) is 3. The second kappa shape index (κ2) is 17.1. The summed E-state index contributed by atoms with van der Waals surface area (Å²) in [5, 5.41) is 3.02. The number of rotatable bonds is 12. The van der Waals surface area contributed by atoms with Crippen molar-refractivity contribution in [3.63, 3.8) is 0 Å². The number of anilines is 1. The lowest BCUT2D eigenvalue weighted by Gasteiger charge is -2.39. The van der Waals surface area contributed by atoms with Crippen molar-refractivity contribution < 1.29 is 9.59 Å². The molecule has 2 aromatic heterocycles. The van der Waals surface area contributed by atoms with Crippen LogP contribution in [0.25, 0.3) is 11.4 Å². The summed E-state index contributed by atoms with van der Waals surface area (Å²) >= 11 is 2.87. The van der Waals surface area contributed by atoms with Gasteiger partial charge >= 0.3 is 0 Å². The number of thiophene rings is 1. The molecule has 272 valence electrons. The van der Waals surface area contributed by atoms with Gasteiger partial charge in [0.2, 0.25) is 0 Å². The lowest BCUT2D eigenvalue weighted by Crippen LogP contribution is -2.46. The van der Waals surface area contributed by atoms with Crippen LogP contribution >= 0.6 is 23.3 Å². The van der Waals surface area contributed by atoms with E-state index in [0.717, 1.165) is 58.3 Å². The maximum absolute atomic E-state index is 13.4. The van der Waals surface area contributed by atoms with Gasteiger partial charge in [-0.2, -0.15) is 0 Å². The van der Waals surface area contributed by atoms with Crippen molar-refractivity contribution in [3.05, 3.63) is 64.1 Å². The lowest BCUT2D eigenvalue weighted by atomic mass is 9.72. The summed E-state index contributed by atoms with van der Waals surface area (Å²) in [6.45, 7) is 17.3. The number of piperidine rings is 1. The Hall–Kier alpha value is -2.91. The van der Waals surface area contributed by atoms with Crippen LogP contribution in [-0.2, 0) is 16.6 Å². The number of benzene rings is 1. The predicted octanol–water partition coefficient (Wildman–Crippen LogP) is 9.48. The molecule has 2 fully saturated rings. The van der Waals surface area contributed by atoms with Crippen LogP contribution < -0.4 is 14.9 Å². The van der Waals surface area contributed by atoms with E-state index in [1.165, 1.54) is 74.7 Å². The van der Waals surface area contributed by atoms with E-state index in [1.807, 2.05) is 48.8 Å². The quantitative estimate of drug-likeness (QED) is 0.182. The SMILES string of the molecule is CCCC1CCC(C2CCN(c3cnc(-c4ccc(CC(NC(=O)c5ccc(C(C)(C)C)s5)C(=O)NSCC(C)(C)C)cc4)nc3)CC2)CC1. The summed E-state index contributed by atoms with van der Waals surface area (Å²) in [5.41, 5.74) is 3.01. The molecule has 50 heavy (non-hydrogen) atoms. The van der Waals surface area contributed by atoms with Gasteiger partial charge in [0.05, 0.1) is 23.0 Å². The number of aromatic nitrogens is 2. The largest absolute Gasteiger partial charge is 0.369 e. The molecule has 5 rings (SSSR count). The minimum Gasteiger partial charge on any atom is -0.369 e. The van der Waals surface area contributed by atoms with Gasteiger partial charge in [0.15, 0.2) is 5.82 Å². The van der Waals surface area contributed by atoms with Gasteiger partial charge in [0, 0.05) is 35.7 Å². The molecule has 7 nitrogen and oxygen atoms in total. The van der Waals surface area contributed by atoms with E-state index in [9.17, 15) is 9.59 Å². The Morgan fingerprint density at radius 1 is 0.900 bits per heavy atom. The minimum absolute atomic E-state index is 0.0425. The Labute approximate surface area is 309 Å². The zero-order valence-corrected chi connectivity index (χ0v) is 33.0. The van der Waals surface area contributed by atoms with Crippen LogP contribution in [-0.4, -0.2) is 46.7 Å². The third-order valence-corrected chi connectivity index (χ3v) is 13.2. The molecule has 1 saturated heterocycles. The third kappa shape index (κ3) is 10.8. The first-order valence-electron chi connectivity index (χ1n) is 18.8. The molecule has 1 unspecified atom stereocenters. The standard InChI is InChI=1S/C41H59N5O2S2/c1-8-9-28-10-14-30(15-11-28)31-20-22-46(23-21-31)33-25-42-37(43-26-33)32-16-12-29(13-17-32)24-34(38(47)45-49-27-40(2,3)4)44-39(48)35-18-19-36(50-35)41(5,6)7/h12-13,16-19,25-26,28,30-31,34H,8-11,14-15,20-24,27H2,1-7H3,(H,44,48)(H,45,47). The highest BCUT2D eigenvalue weighted by atomic mass is 32.2. The van der Waals surface area contributed by atoms with Crippen LogP contribution in [0.2, 0.25) is 0 Å². The second-order valence-electron chi connectivity index (χ2n) is 16.8. The molecule has 0 radical (unpaired) electrons. The second-order valence-corrected chi connectivity index (χ2v) is 18.7. The molecule has 2 aliphatic rings. The highest BCUT2D eigenvalue weighted by Gasteiger charge is 2.30. The van der Waals surface area contributed by atoms with Crippen molar-refractivity contribution in [1.29, 1.82) is 0 Å². The first-order chi connectivity index (χ1) is 23.8. The first-order valence-corrected chi connectivity index (χ1v) is 20.6. The van der Waals surface area contributed by atoms with E-state index in [-0.39, 0.29) is 22.6 Å². The van der Waals surface area contributed by atoms with Crippen molar-refractivity contribution in [2.75, 3.05) is 23.7 Å². The van der Waals surface area contributed by atoms with E-state index >= 15 is 0 Å². The molecule has 1 aliphatic heterocycles. The molecule has 1 saturated carbocycles. The van der Waals surface area contributed by atoms with E-state index in [2.05, 4.69) is 63.4 Å². The topological polar surface area (TPSA) is 87.2 Å². The van der Waals surface area contributed by atoms with Crippen LogP contribution in [0.5, 0.6) is 0 Å². The normalized spacial score (nSPS) is 19.6. The van der Waals surface area contributed by atoms with Crippen LogP contribution in [0.4, 0.5) is 5.69 Å². The Bertz CT molecular complexity index is 1520. The zero-order valence-electron chi connectivity index (χ0n) is 31.4. The smallest absolute Gasteiger partial charge is 0.262 e. The van der Waals surface area contributed by atoms with E-state index in [1.54, 1.807) is 0 Å². The minimum atomic E-state index is -0.711. The van der Waals surface area contributed by atoms with Crippen LogP contribution in [0.3, 0.4) is 0 Å². The first kappa shape index (κ1) is 38.3. The number of hydrogen-bond donors (Lipinski definition) is 2. The van der Waals surface area contributed by atoms with Gasteiger partial charge in [-0.1, -0.05) is 98.4 Å². The van der Waals surface area contributed by atoms with Crippen LogP contribution in [0.15, 0.2) is 48.8 Å². The molecular weight excluding hydrogens is 659 g/mol. The molecule has 3 heterocycles. The molecule has 0 spiro atoms. The molecule has 2 amide bonds. The van der Waals surface area contributed by atoms with Crippen molar-refractivity contribution in [2.24, 2.45) is 23.2 Å². The summed E-state index contributed by atoms with van der Waals surface area (Å²) in [4.78, 5) is 40.4. The van der Waals surface area contributed by atoms with Gasteiger partial charge in [-0.05, 0) is 83.9 Å². The average Bonchev–Trinajstić information content (AvgIpc) is 3.60. The van der Waals surface area contributed by atoms with Gasteiger partial charge < -0.3 is 10.2 Å². The monoisotopic (exact) mass is 717 g/mol. The summed E-state index contributed by atoms with van der Waals surface area (Å²) in [6.07, 6.45) is 15.3. The summed E-state index contributed by atoms with van der Waals surface area (Å²) in [6, 6.07) is 11.2. The summed E-state index contributed by atoms with van der Waals surface area (Å²) < 4.78 is 2.98. The molecule has 1 atom stereocenters. The Morgan fingerprint density at radius 2 is 1.54 bits per heavy atom. The maximum atomic E-state index is 13.4. The molecule has 3 aromatic rings.